The molecule has 0 aromatic carbocycles. The van der Waals surface area contributed by atoms with Crippen LogP contribution in [0.15, 0.2) is 6.07 Å². The van der Waals surface area contributed by atoms with Gasteiger partial charge in [-0.15, -0.1) is 11.3 Å². The summed E-state index contributed by atoms with van der Waals surface area (Å²) < 4.78 is 4.85. The molecule has 108 valence electrons. The highest BCUT2D eigenvalue weighted by molar-refractivity contribution is 7.14. The highest BCUT2D eigenvalue weighted by Crippen LogP contribution is 2.32. The zero-order valence-corrected chi connectivity index (χ0v) is 11.9. The van der Waals surface area contributed by atoms with Gasteiger partial charge in [0.05, 0.1) is 0 Å². The van der Waals surface area contributed by atoms with E-state index in [0.29, 0.717) is 10.8 Å². The lowest BCUT2D eigenvalue weighted by Gasteiger charge is -2.16. The number of rotatable bonds is 3. The van der Waals surface area contributed by atoms with Crippen molar-refractivity contribution in [1.82, 2.24) is 5.32 Å². The first-order chi connectivity index (χ1) is 9.45. The molecular weight excluding hydrogens is 280 g/mol. The van der Waals surface area contributed by atoms with Gasteiger partial charge in [0.2, 0.25) is 0 Å². The number of imide groups is 1. The number of primary amides is 1. The lowest BCUT2D eigenvalue weighted by atomic mass is 9.90. The summed E-state index contributed by atoms with van der Waals surface area (Å²) in [4.78, 5) is 35.1. The highest BCUT2D eigenvalue weighted by atomic mass is 32.1. The Morgan fingerprint density at radius 2 is 2.25 bits per heavy atom. The number of esters is 1. The molecule has 0 saturated heterocycles. The third kappa shape index (κ3) is 3.57. The molecule has 0 unspecified atom stereocenters. The van der Waals surface area contributed by atoms with Crippen LogP contribution in [-0.4, -0.2) is 24.5 Å². The number of nitrogens with two attached hydrogens (primary N) is 1. The van der Waals surface area contributed by atoms with Crippen molar-refractivity contribution >= 4 is 29.2 Å². The number of aryl methyl sites for hydroxylation is 1. The van der Waals surface area contributed by atoms with Crippen LogP contribution >= 0.6 is 11.3 Å². The standard InChI is InChI=1S/C13H16N2O4S/c1-7-2-3-9-8(4-7)5-10(20-9)12(17)19-6-11(16)15-13(14)18/h5,7H,2-4,6H2,1H3,(H3,14,15,16,18)/t7-/m0/s1. The predicted molar refractivity (Wildman–Crippen MR) is 73.5 cm³/mol. The molecule has 0 spiro atoms. The molecule has 1 aliphatic rings. The largest absolute Gasteiger partial charge is 0.451 e. The summed E-state index contributed by atoms with van der Waals surface area (Å²) in [5.41, 5.74) is 5.98. The fourth-order valence-electron chi connectivity index (χ4n) is 2.18. The average Bonchev–Trinajstić information content (AvgIpc) is 2.78. The van der Waals surface area contributed by atoms with Crippen molar-refractivity contribution in [2.75, 3.05) is 6.61 Å². The molecule has 1 aliphatic carbocycles. The number of thiophene rings is 1. The summed E-state index contributed by atoms with van der Waals surface area (Å²) in [6.45, 7) is 1.67. The van der Waals surface area contributed by atoms with Crippen LogP contribution in [-0.2, 0) is 22.4 Å². The van der Waals surface area contributed by atoms with Crippen molar-refractivity contribution in [3.05, 3.63) is 21.4 Å². The Kier molecular flexibility index (Phi) is 4.39. The Labute approximate surface area is 120 Å². The smallest absolute Gasteiger partial charge is 0.348 e. The molecule has 2 rings (SSSR count). The van der Waals surface area contributed by atoms with Gasteiger partial charge >= 0.3 is 12.0 Å². The first-order valence-electron chi connectivity index (χ1n) is 6.33. The molecule has 7 heteroatoms. The maximum atomic E-state index is 11.8. The number of urea groups is 1. The molecule has 0 bridgehead atoms. The molecule has 0 aliphatic heterocycles. The second kappa shape index (κ2) is 6.04. The van der Waals surface area contributed by atoms with E-state index in [-0.39, 0.29) is 0 Å². The van der Waals surface area contributed by atoms with Crippen LogP contribution < -0.4 is 11.1 Å². The van der Waals surface area contributed by atoms with E-state index in [0.717, 1.165) is 19.3 Å². The lowest BCUT2D eigenvalue weighted by Crippen LogP contribution is -2.37. The van der Waals surface area contributed by atoms with E-state index < -0.39 is 24.5 Å². The van der Waals surface area contributed by atoms with Crippen LogP contribution in [0.3, 0.4) is 0 Å². The highest BCUT2D eigenvalue weighted by Gasteiger charge is 2.21. The normalized spacial score (nSPS) is 17.1. The Bertz CT molecular complexity index is 553. The number of ether oxygens (including phenoxy) is 1. The summed E-state index contributed by atoms with van der Waals surface area (Å²) >= 11 is 1.41. The average molecular weight is 296 g/mol. The quantitative estimate of drug-likeness (QED) is 0.819. The minimum Gasteiger partial charge on any atom is -0.451 e. The number of fused-ring (bicyclic) bond motifs is 1. The molecule has 3 amide bonds. The molecule has 1 aromatic heterocycles. The van der Waals surface area contributed by atoms with Gasteiger partial charge < -0.3 is 10.5 Å². The molecule has 3 N–H and O–H groups in total. The van der Waals surface area contributed by atoms with Gasteiger partial charge in [-0.25, -0.2) is 9.59 Å². The third-order valence-corrected chi connectivity index (χ3v) is 4.34. The van der Waals surface area contributed by atoms with Crippen molar-refractivity contribution in [1.29, 1.82) is 0 Å². The molecule has 6 nitrogen and oxygen atoms in total. The SMILES string of the molecule is C[C@H]1CCc2sc(C(=O)OCC(=O)NC(N)=O)cc2C1. The Morgan fingerprint density at radius 3 is 2.95 bits per heavy atom. The first-order valence-corrected chi connectivity index (χ1v) is 7.15. The van der Waals surface area contributed by atoms with Gasteiger partial charge in [-0.2, -0.15) is 0 Å². The van der Waals surface area contributed by atoms with E-state index in [1.165, 1.54) is 21.8 Å². The molecule has 1 heterocycles. The minimum atomic E-state index is -0.966. The number of hydrogen-bond donors (Lipinski definition) is 2. The topological polar surface area (TPSA) is 98.5 Å². The molecule has 20 heavy (non-hydrogen) atoms. The van der Waals surface area contributed by atoms with E-state index in [1.54, 1.807) is 0 Å². The van der Waals surface area contributed by atoms with Gasteiger partial charge in [0, 0.05) is 4.88 Å². The summed E-state index contributed by atoms with van der Waals surface area (Å²) in [5, 5.41) is 1.83. The summed E-state index contributed by atoms with van der Waals surface area (Å²) in [6.07, 6.45) is 3.08. The van der Waals surface area contributed by atoms with Gasteiger partial charge in [-0.05, 0) is 36.8 Å². The Morgan fingerprint density at radius 1 is 1.50 bits per heavy atom. The zero-order valence-electron chi connectivity index (χ0n) is 11.1. The van der Waals surface area contributed by atoms with Gasteiger partial charge in [0.1, 0.15) is 4.88 Å². The van der Waals surface area contributed by atoms with Crippen LogP contribution in [0.1, 0.15) is 33.5 Å². The minimum absolute atomic E-state index is 0.496. The fraction of sp³-hybridized carbons (Fsp3) is 0.462. The number of amides is 3. The monoisotopic (exact) mass is 296 g/mol. The predicted octanol–water partition coefficient (Wildman–Crippen LogP) is 1.22. The maximum Gasteiger partial charge on any atom is 0.348 e. The number of hydrogen-bond acceptors (Lipinski definition) is 5. The third-order valence-electron chi connectivity index (χ3n) is 3.13. The van der Waals surface area contributed by atoms with Gasteiger partial charge in [-0.1, -0.05) is 6.92 Å². The molecular formula is C13H16N2O4S. The van der Waals surface area contributed by atoms with E-state index in [1.807, 2.05) is 11.4 Å². The second-order valence-electron chi connectivity index (χ2n) is 4.90. The summed E-state index contributed by atoms with van der Waals surface area (Å²) in [7, 11) is 0. The van der Waals surface area contributed by atoms with E-state index in [2.05, 4.69) is 6.92 Å². The lowest BCUT2D eigenvalue weighted by molar-refractivity contribution is -0.123. The van der Waals surface area contributed by atoms with Crippen molar-refractivity contribution in [2.24, 2.45) is 11.7 Å². The molecule has 1 aromatic rings. The zero-order chi connectivity index (χ0) is 14.7. The molecule has 0 fully saturated rings. The van der Waals surface area contributed by atoms with Crippen molar-refractivity contribution in [2.45, 2.75) is 26.2 Å². The summed E-state index contributed by atoms with van der Waals surface area (Å²) in [5.74, 6) is -0.653. The van der Waals surface area contributed by atoms with Crippen LogP contribution in [0.4, 0.5) is 4.79 Å². The van der Waals surface area contributed by atoms with Gasteiger partial charge in [0.15, 0.2) is 6.61 Å². The fourth-order valence-corrected chi connectivity index (χ4v) is 3.28. The summed E-state index contributed by atoms with van der Waals surface area (Å²) in [6, 6.07) is 0.871. The molecule has 1 atom stereocenters. The second-order valence-corrected chi connectivity index (χ2v) is 6.03. The molecule has 0 radical (unpaired) electrons. The maximum absolute atomic E-state index is 11.8. The van der Waals surface area contributed by atoms with Crippen molar-refractivity contribution in [3.8, 4) is 0 Å². The van der Waals surface area contributed by atoms with Gasteiger partial charge in [-0.3, -0.25) is 10.1 Å². The Hall–Kier alpha value is -1.89. The number of nitrogens with one attached hydrogen (secondary N) is 1. The molecule has 0 saturated carbocycles. The van der Waals surface area contributed by atoms with Crippen molar-refractivity contribution in [3.63, 3.8) is 0 Å². The van der Waals surface area contributed by atoms with Crippen LogP contribution in [0.25, 0.3) is 0 Å². The number of carbonyl (C=O) groups excluding carboxylic acids is 3. The van der Waals surface area contributed by atoms with Crippen LogP contribution in [0.2, 0.25) is 0 Å². The number of carbonyl (C=O) groups is 3. The first kappa shape index (κ1) is 14.5. The van der Waals surface area contributed by atoms with Gasteiger partial charge in [0.25, 0.3) is 5.91 Å². The van der Waals surface area contributed by atoms with Crippen LogP contribution in [0.5, 0.6) is 0 Å². The van der Waals surface area contributed by atoms with E-state index in [9.17, 15) is 14.4 Å². The van der Waals surface area contributed by atoms with Crippen molar-refractivity contribution < 1.29 is 19.1 Å². The van der Waals surface area contributed by atoms with E-state index in [4.69, 9.17) is 10.5 Å². The van der Waals surface area contributed by atoms with E-state index >= 15 is 0 Å². The van der Waals surface area contributed by atoms with Crippen LogP contribution in [0, 0.1) is 5.92 Å². The Balaban J connectivity index is 1.93.